The van der Waals surface area contributed by atoms with E-state index in [4.69, 9.17) is 14.9 Å². The van der Waals surface area contributed by atoms with Crippen LogP contribution in [0, 0.1) is 6.92 Å². The van der Waals surface area contributed by atoms with E-state index in [2.05, 4.69) is 10.0 Å². The summed E-state index contributed by atoms with van der Waals surface area (Å²) in [5.41, 5.74) is 6.03. The van der Waals surface area contributed by atoms with E-state index < -0.39 is 21.5 Å². The van der Waals surface area contributed by atoms with Crippen LogP contribution >= 0.6 is 12.4 Å². The van der Waals surface area contributed by atoms with Gasteiger partial charge in [-0.15, -0.1) is 12.4 Å². The van der Waals surface area contributed by atoms with E-state index in [1.807, 2.05) is 19.1 Å². The molecule has 0 atom stereocenters. The number of amides is 1. The Bertz CT molecular complexity index is 1200. The Balaban J connectivity index is 0.00000363. The van der Waals surface area contributed by atoms with Crippen LogP contribution in [0.5, 0.6) is 5.75 Å². The second kappa shape index (κ2) is 9.64. The van der Waals surface area contributed by atoms with Gasteiger partial charge in [-0.1, -0.05) is 0 Å². The molecule has 0 aliphatic rings. The van der Waals surface area contributed by atoms with Crippen LogP contribution in [0.3, 0.4) is 0 Å². The van der Waals surface area contributed by atoms with Crippen molar-refractivity contribution in [1.29, 1.82) is 0 Å². The Hall–Kier alpha value is -3.01. The maximum absolute atomic E-state index is 12.9. The van der Waals surface area contributed by atoms with Crippen LogP contribution < -0.4 is 20.5 Å². The number of carbonyl (C=O) groups is 1. The minimum absolute atomic E-state index is 0. The zero-order chi connectivity index (χ0) is 22.8. The molecule has 0 spiro atoms. The minimum Gasteiger partial charge on any atom is -0.495 e. The molecule has 3 aromatic rings. The summed E-state index contributed by atoms with van der Waals surface area (Å²) in [4.78, 5) is 12.2. The Kier molecular flexibility index (Phi) is 7.61. The molecule has 0 aliphatic carbocycles. The Labute approximate surface area is 193 Å². The summed E-state index contributed by atoms with van der Waals surface area (Å²) >= 11 is 0. The number of furan rings is 1. The number of methoxy groups -OCH3 is 1. The first kappa shape index (κ1) is 25.3. The fraction of sp³-hybridized carbons (Fsp3) is 0.227. The number of carbonyl (C=O) groups excluding carboxylic acids is 1. The largest absolute Gasteiger partial charge is 0.495 e. The highest BCUT2D eigenvalue weighted by molar-refractivity contribution is 7.92. The van der Waals surface area contributed by atoms with Crippen LogP contribution in [0.4, 0.5) is 11.4 Å². The van der Waals surface area contributed by atoms with Gasteiger partial charge in [0, 0.05) is 11.3 Å². The van der Waals surface area contributed by atoms with Crippen LogP contribution in [-0.2, 0) is 14.8 Å². The number of rotatable bonds is 7. The summed E-state index contributed by atoms with van der Waals surface area (Å²) in [5, 5.41) is 2.66. The summed E-state index contributed by atoms with van der Waals surface area (Å²) in [5.74, 6) is 1.32. The van der Waals surface area contributed by atoms with Crippen LogP contribution in [0.2, 0.25) is 0 Å². The molecule has 0 bridgehead atoms. The molecule has 32 heavy (non-hydrogen) atoms. The number of anilines is 2. The number of halogens is 1. The van der Waals surface area contributed by atoms with Gasteiger partial charge in [0.25, 0.3) is 10.0 Å². The van der Waals surface area contributed by atoms with Crippen LogP contribution in [-0.4, -0.2) is 27.0 Å². The van der Waals surface area contributed by atoms with Crippen molar-refractivity contribution >= 4 is 39.7 Å². The molecule has 4 N–H and O–H groups in total. The predicted octanol–water partition coefficient (Wildman–Crippen LogP) is 4.16. The minimum atomic E-state index is -3.91. The first-order chi connectivity index (χ1) is 14.5. The van der Waals surface area contributed by atoms with E-state index in [1.54, 1.807) is 38.1 Å². The molecule has 172 valence electrons. The molecule has 3 rings (SSSR count). The molecule has 0 unspecified atom stereocenters. The van der Waals surface area contributed by atoms with Crippen molar-refractivity contribution in [3.63, 3.8) is 0 Å². The van der Waals surface area contributed by atoms with Gasteiger partial charge in [-0.2, -0.15) is 0 Å². The predicted molar refractivity (Wildman–Crippen MR) is 127 cm³/mol. The second-order valence-corrected chi connectivity index (χ2v) is 9.31. The fourth-order valence-electron chi connectivity index (χ4n) is 2.75. The summed E-state index contributed by atoms with van der Waals surface area (Å²) in [6, 6.07) is 14.6. The third kappa shape index (κ3) is 5.82. The molecule has 2 aromatic carbocycles. The zero-order valence-electron chi connectivity index (χ0n) is 18.1. The third-order valence-corrected chi connectivity index (χ3v) is 5.86. The average molecular weight is 480 g/mol. The number of sulfonamides is 1. The summed E-state index contributed by atoms with van der Waals surface area (Å²) in [6.45, 7) is 4.98. The molecule has 1 heterocycles. The van der Waals surface area contributed by atoms with Gasteiger partial charge in [0.2, 0.25) is 5.91 Å². The quantitative estimate of drug-likeness (QED) is 0.467. The Morgan fingerprint density at radius 1 is 1.06 bits per heavy atom. The molecule has 1 amide bonds. The van der Waals surface area contributed by atoms with Gasteiger partial charge >= 0.3 is 0 Å². The Morgan fingerprint density at radius 2 is 1.72 bits per heavy atom. The molecule has 0 saturated carbocycles. The van der Waals surface area contributed by atoms with E-state index in [1.165, 1.54) is 25.3 Å². The smallest absolute Gasteiger partial charge is 0.262 e. The summed E-state index contributed by atoms with van der Waals surface area (Å²) in [7, 11) is -2.49. The molecule has 1 aromatic heterocycles. The van der Waals surface area contributed by atoms with Crippen molar-refractivity contribution in [3.05, 3.63) is 60.4 Å². The lowest BCUT2D eigenvalue weighted by atomic mass is 10.1. The van der Waals surface area contributed by atoms with Crippen molar-refractivity contribution in [2.45, 2.75) is 31.2 Å². The van der Waals surface area contributed by atoms with E-state index in [0.717, 1.165) is 11.3 Å². The van der Waals surface area contributed by atoms with Gasteiger partial charge in [0.15, 0.2) is 0 Å². The molecule has 0 radical (unpaired) electrons. The first-order valence-electron chi connectivity index (χ1n) is 9.48. The number of nitrogens with two attached hydrogens (primary N) is 1. The van der Waals surface area contributed by atoms with Crippen molar-refractivity contribution in [2.24, 2.45) is 5.73 Å². The molecule has 0 saturated heterocycles. The SMILES string of the molecule is COc1ccc(NC(=O)C(C)(C)N)cc1NS(=O)(=O)c1ccc(-c2ccc(C)o2)cc1.Cl. The van der Waals surface area contributed by atoms with E-state index in [-0.39, 0.29) is 23.0 Å². The topological polar surface area (TPSA) is 124 Å². The van der Waals surface area contributed by atoms with Crippen LogP contribution in [0.1, 0.15) is 19.6 Å². The molecular weight excluding hydrogens is 454 g/mol. The van der Waals surface area contributed by atoms with E-state index in [9.17, 15) is 13.2 Å². The monoisotopic (exact) mass is 479 g/mol. The lowest BCUT2D eigenvalue weighted by Crippen LogP contribution is -2.45. The van der Waals surface area contributed by atoms with Crippen molar-refractivity contribution in [3.8, 4) is 17.1 Å². The average Bonchev–Trinajstić information content (AvgIpc) is 3.14. The van der Waals surface area contributed by atoms with Crippen molar-refractivity contribution < 1.29 is 22.4 Å². The highest BCUT2D eigenvalue weighted by atomic mass is 35.5. The Morgan fingerprint density at radius 3 is 2.25 bits per heavy atom. The second-order valence-electron chi connectivity index (χ2n) is 7.63. The lowest BCUT2D eigenvalue weighted by molar-refractivity contribution is -0.120. The van der Waals surface area contributed by atoms with Crippen LogP contribution in [0.25, 0.3) is 11.3 Å². The number of hydrogen-bond donors (Lipinski definition) is 3. The third-order valence-electron chi connectivity index (χ3n) is 4.48. The number of benzene rings is 2. The zero-order valence-corrected chi connectivity index (χ0v) is 19.8. The normalized spacial score (nSPS) is 11.4. The van der Waals surface area contributed by atoms with Gasteiger partial charge < -0.3 is 20.2 Å². The maximum atomic E-state index is 12.9. The number of nitrogens with one attached hydrogen (secondary N) is 2. The van der Waals surface area contributed by atoms with Crippen molar-refractivity contribution in [1.82, 2.24) is 0 Å². The standard InChI is InChI=1S/C22H25N3O5S.ClH/c1-14-5-11-19(30-14)15-6-9-17(10-7-15)31(27,28)25-18-13-16(8-12-20(18)29-4)24-21(26)22(2,3)23;/h5-13,25H,23H2,1-4H3,(H,24,26);1H. The van der Waals surface area contributed by atoms with Gasteiger partial charge in [-0.25, -0.2) is 8.42 Å². The summed E-state index contributed by atoms with van der Waals surface area (Å²) < 4.78 is 39.2. The maximum Gasteiger partial charge on any atom is 0.262 e. The molecule has 0 aliphatic heterocycles. The van der Waals surface area contributed by atoms with E-state index >= 15 is 0 Å². The van der Waals surface area contributed by atoms with Gasteiger partial charge in [-0.3, -0.25) is 9.52 Å². The number of ether oxygens (including phenoxy) is 1. The molecule has 10 heteroatoms. The van der Waals surface area contributed by atoms with Gasteiger partial charge in [0.05, 0.1) is 23.2 Å². The van der Waals surface area contributed by atoms with E-state index in [0.29, 0.717) is 17.2 Å². The molecule has 8 nitrogen and oxygen atoms in total. The fourth-order valence-corrected chi connectivity index (χ4v) is 3.81. The highest BCUT2D eigenvalue weighted by Crippen LogP contribution is 2.31. The van der Waals surface area contributed by atoms with Gasteiger partial charge in [0.1, 0.15) is 17.3 Å². The molecular formula is C22H26ClN3O5S. The number of hydrogen-bond acceptors (Lipinski definition) is 6. The first-order valence-corrected chi connectivity index (χ1v) is 11.0. The lowest BCUT2D eigenvalue weighted by Gasteiger charge is -2.19. The number of aryl methyl sites for hydroxylation is 1. The molecule has 0 fully saturated rings. The highest BCUT2D eigenvalue weighted by Gasteiger charge is 2.23. The summed E-state index contributed by atoms with van der Waals surface area (Å²) in [6.07, 6.45) is 0. The van der Waals surface area contributed by atoms with Crippen molar-refractivity contribution in [2.75, 3.05) is 17.1 Å². The van der Waals surface area contributed by atoms with Crippen LogP contribution in [0.15, 0.2) is 63.9 Å². The van der Waals surface area contributed by atoms with Gasteiger partial charge in [-0.05, 0) is 75.4 Å².